The summed E-state index contributed by atoms with van der Waals surface area (Å²) in [5.74, 6) is 2.14. The van der Waals surface area contributed by atoms with Crippen LogP contribution in [0.2, 0.25) is 15.3 Å². The van der Waals surface area contributed by atoms with Crippen LogP contribution >= 0.6 is 42.2 Å². The number of nitrogens with zero attached hydrogens (tertiary/aromatic N) is 5. The van der Waals surface area contributed by atoms with Crippen LogP contribution in [0, 0.1) is 12.3 Å². The van der Waals surface area contributed by atoms with Crippen molar-refractivity contribution >= 4 is 60.0 Å². The Kier molecular flexibility index (Phi) is 16.3. The number of nitrogens with two attached hydrogens (primary N) is 1. The summed E-state index contributed by atoms with van der Waals surface area (Å²) in [7, 11) is -3.10. The molecular formula is C29H42Cl3N8O7P. The quantitative estimate of drug-likeness (QED) is 0.131. The number of rotatable bonds is 10. The second-order valence-electron chi connectivity index (χ2n) is 12.2. The van der Waals surface area contributed by atoms with E-state index in [0.29, 0.717) is 29.2 Å². The minimum atomic E-state index is -3.10. The molecule has 15 nitrogen and oxygen atoms in total. The monoisotopic (exact) mass is 750 g/mol. The van der Waals surface area contributed by atoms with Crippen molar-refractivity contribution in [3.63, 3.8) is 0 Å². The highest BCUT2D eigenvalue weighted by Gasteiger charge is 2.24. The van der Waals surface area contributed by atoms with Crippen LogP contribution in [0.3, 0.4) is 0 Å². The maximum absolute atomic E-state index is 12.0. The van der Waals surface area contributed by atoms with Crippen molar-refractivity contribution < 1.29 is 28.5 Å². The lowest BCUT2D eigenvalue weighted by Crippen LogP contribution is -2.30. The largest absolute Gasteiger partial charge is 0.480 e. The number of carboxylic acids is 1. The molecule has 2 aromatic heterocycles. The van der Waals surface area contributed by atoms with E-state index in [4.69, 9.17) is 66.1 Å². The van der Waals surface area contributed by atoms with Crippen molar-refractivity contribution in [2.24, 2.45) is 5.73 Å². The lowest BCUT2D eigenvalue weighted by Gasteiger charge is -2.20. The van der Waals surface area contributed by atoms with Gasteiger partial charge in [-0.25, -0.2) is 4.79 Å². The van der Waals surface area contributed by atoms with E-state index in [2.05, 4.69) is 36.6 Å². The fraction of sp³-hybridized carbons (Fsp3) is 0.517. The average molecular weight is 752 g/mol. The molecule has 0 saturated heterocycles. The molecule has 0 aliphatic heterocycles. The van der Waals surface area contributed by atoms with E-state index in [1.54, 1.807) is 0 Å². The van der Waals surface area contributed by atoms with Crippen LogP contribution in [0.5, 0.6) is 5.75 Å². The molecule has 2 unspecified atom stereocenters. The topological polar surface area (TPSA) is 221 Å². The molecule has 2 heterocycles. The van der Waals surface area contributed by atoms with E-state index >= 15 is 0 Å². The molecule has 1 aromatic carbocycles. The molecule has 0 bridgehead atoms. The number of aliphatic carboxylic acids is 1. The number of aromatic nitrogens is 5. The summed E-state index contributed by atoms with van der Waals surface area (Å²) in [5, 5.41) is 19.3. The number of hydrogen-bond acceptors (Lipinski definition) is 12. The van der Waals surface area contributed by atoms with Gasteiger partial charge in [0.1, 0.15) is 18.4 Å². The van der Waals surface area contributed by atoms with Crippen LogP contribution in [-0.4, -0.2) is 78.3 Å². The molecule has 0 fully saturated rings. The number of hydrogen-bond donors (Lipinski definition) is 5. The molecule has 3 aromatic rings. The maximum atomic E-state index is 12.0. The highest BCUT2D eigenvalue weighted by Crippen LogP contribution is 2.36. The van der Waals surface area contributed by atoms with Gasteiger partial charge in [-0.1, -0.05) is 49.9 Å². The summed E-state index contributed by atoms with van der Waals surface area (Å²) in [5.41, 5.74) is 4.89. The van der Waals surface area contributed by atoms with Crippen molar-refractivity contribution in [1.29, 1.82) is 0 Å². The lowest BCUT2D eigenvalue weighted by molar-refractivity contribution is -0.138. The Morgan fingerprint density at radius 3 is 2.23 bits per heavy atom. The summed E-state index contributed by atoms with van der Waals surface area (Å²) >= 11 is 17.9. The van der Waals surface area contributed by atoms with Crippen LogP contribution < -0.4 is 26.9 Å². The van der Waals surface area contributed by atoms with Crippen molar-refractivity contribution in [2.75, 3.05) is 36.6 Å². The maximum Gasteiger partial charge on any atom is 0.442 e. The number of halogens is 3. The van der Waals surface area contributed by atoms with Crippen LogP contribution in [0.25, 0.3) is 5.69 Å². The zero-order valence-electron chi connectivity index (χ0n) is 28.0. The molecule has 3 rings (SSSR count). The first-order valence-corrected chi connectivity index (χ1v) is 17.8. The van der Waals surface area contributed by atoms with Gasteiger partial charge in [0.25, 0.3) is 0 Å². The van der Waals surface area contributed by atoms with Gasteiger partial charge in [-0.05, 0) is 51.8 Å². The number of carbonyl (C=O) groups is 1. The molecular weight excluding hydrogens is 710 g/mol. The molecule has 19 heteroatoms. The Bertz CT molecular complexity index is 1670. The summed E-state index contributed by atoms with van der Waals surface area (Å²) in [6.07, 6.45) is 5.15. The van der Waals surface area contributed by atoms with Crippen molar-refractivity contribution in [3.8, 4) is 23.8 Å². The number of carboxylic acid groups (broad SMARTS) is 1. The first kappa shape index (κ1) is 42.6. The fourth-order valence-corrected chi connectivity index (χ4v) is 4.56. The first-order valence-electron chi connectivity index (χ1n) is 14.3. The van der Waals surface area contributed by atoms with E-state index in [1.165, 1.54) is 18.8 Å². The third-order valence-corrected chi connectivity index (χ3v) is 7.19. The van der Waals surface area contributed by atoms with Gasteiger partial charge in [0, 0.05) is 36.4 Å². The van der Waals surface area contributed by atoms with Gasteiger partial charge in [-0.3, -0.25) is 9.36 Å². The number of benzene rings is 1. The third kappa shape index (κ3) is 15.7. The molecule has 266 valence electrons. The molecule has 0 spiro atoms. The predicted octanol–water partition coefficient (Wildman–Crippen LogP) is 5.30. The highest BCUT2D eigenvalue weighted by molar-refractivity contribution is 7.57. The molecule has 0 aliphatic rings. The number of terminal acetylenes is 1. The van der Waals surface area contributed by atoms with Crippen molar-refractivity contribution in [2.45, 2.75) is 71.9 Å². The second kappa shape index (κ2) is 18.4. The fourth-order valence-electron chi connectivity index (χ4n) is 3.12. The van der Waals surface area contributed by atoms with Gasteiger partial charge < -0.3 is 35.5 Å². The lowest BCUT2D eigenvalue weighted by atomic mass is 9.97. The number of anilines is 2. The first-order chi connectivity index (χ1) is 22.0. The summed E-state index contributed by atoms with van der Waals surface area (Å²) in [6, 6.07) is 1.93. The van der Waals surface area contributed by atoms with Gasteiger partial charge >= 0.3 is 11.7 Å². The van der Waals surface area contributed by atoms with Crippen LogP contribution in [0.1, 0.15) is 60.8 Å². The van der Waals surface area contributed by atoms with Crippen LogP contribution in [-0.2, 0) is 14.8 Å². The van der Waals surface area contributed by atoms with Gasteiger partial charge in [-0.2, -0.15) is 19.6 Å². The smallest absolute Gasteiger partial charge is 0.442 e. The van der Waals surface area contributed by atoms with Crippen molar-refractivity contribution in [3.05, 3.63) is 43.9 Å². The minimum absolute atomic E-state index is 0.0412. The normalized spacial score (nSPS) is 13.0. The second-order valence-corrected chi connectivity index (χ2v) is 15.9. The van der Waals surface area contributed by atoms with E-state index in [-0.39, 0.29) is 40.1 Å². The minimum Gasteiger partial charge on any atom is -0.480 e. The van der Waals surface area contributed by atoms with Gasteiger partial charge in [0.15, 0.2) is 7.37 Å². The average Bonchev–Trinajstić information content (AvgIpc) is 3.32. The Morgan fingerprint density at radius 2 is 1.75 bits per heavy atom. The molecule has 0 radical (unpaired) electrons. The molecule has 2 atom stereocenters. The summed E-state index contributed by atoms with van der Waals surface area (Å²) in [6.45, 7) is 15.7. The zero-order chi connectivity index (χ0) is 37.0. The highest BCUT2D eigenvalue weighted by atomic mass is 35.5. The van der Waals surface area contributed by atoms with Crippen molar-refractivity contribution in [1.82, 2.24) is 24.7 Å². The van der Waals surface area contributed by atoms with E-state index < -0.39 is 30.6 Å². The molecule has 48 heavy (non-hydrogen) atoms. The van der Waals surface area contributed by atoms with Gasteiger partial charge in [0.05, 0.1) is 15.7 Å². The van der Waals surface area contributed by atoms with E-state index in [1.807, 2.05) is 48.5 Å². The molecule has 0 aliphatic carbocycles. The third-order valence-electron chi connectivity index (χ3n) is 5.33. The number of nitrogens with one attached hydrogen (secondary N) is 2. The standard InChI is InChI=1S/C15H14Cl2N2O3.C9H16ClN5.C5H12NO4P/c1-5-6-21-12-8-11(9(16)7-10(12)17)19-14(20)22-13(18-19)15(2,3)4;1-5-11-7-12-6(10)13-8(14-7)15-9(2,3)4;1-11(9,10)3-2-4(6)5(7)8/h1,7-8H,6H2,2-4H3;5H2,1-4H3,(H2,11,12,13,14,15);4H,2-3,6H2,1H3,(H,7,8)(H,9,10). The van der Waals surface area contributed by atoms with E-state index in [0.717, 1.165) is 11.2 Å². The Labute approximate surface area is 294 Å². The zero-order valence-corrected chi connectivity index (χ0v) is 31.1. The Balaban J connectivity index is 0.000000386. The summed E-state index contributed by atoms with van der Waals surface area (Å²) < 4.78 is 22.2. The van der Waals surface area contributed by atoms with Gasteiger partial charge in [0.2, 0.25) is 23.1 Å². The Morgan fingerprint density at radius 1 is 1.15 bits per heavy atom. The number of ether oxygens (including phenoxy) is 1. The molecule has 6 N–H and O–H groups in total. The van der Waals surface area contributed by atoms with Crippen LogP contribution in [0.15, 0.2) is 21.3 Å². The predicted molar refractivity (Wildman–Crippen MR) is 188 cm³/mol. The Hall–Kier alpha value is -3.38. The SMILES string of the molecule is C#CCOc1cc(-n2nc(C(C)(C)C)oc2=O)c(Cl)cc1Cl.CCNc1nc(Cl)nc(NC(C)(C)C)n1.CP(=O)(O)CCC(N)C(=O)O. The summed E-state index contributed by atoms with van der Waals surface area (Å²) in [4.78, 5) is 43.0. The van der Waals surface area contributed by atoms with E-state index in [9.17, 15) is 14.2 Å². The van der Waals surface area contributed by atoms with Crippen LogP contribution in [0.4, 0.5) is 11.9 Å². The molecule has 0 amide bonds. The molecule has 0 saturated carbocycles. The van der Waals surface area contributed by atoms with Gasteiger partial charge in [-0.15, -0.1) is 11.5 Å².